The van der Waals surface area contributed by atoms with Crippen LogP contribution in [0.2, 0.25) is 0 Å². The Bertz CT molecular complexity index is 392. The lowest BCUT2D eigenvalue weighted by Crippen LogP contribution is -2.33. The summed E-state index contributed by atoms with van der Waals surface area (Å²) in [6.07, 6.45) is 4.51. The first-order valence-corrected chi connectivity index (χ1v) is 6.59. The number of halogens is 1. The Morgan fingerprint density at radius 2 is 2.19 bits per heavy atom. The van der Waals surface area contributed by atoms with Gasteiger partial charge >= 0.3 is 0 Å². The highest BCUT2D eigenvalue weighted by atomic mass is 79.9. The van der Waals surface area contributed by atoms with Crippen molar-refractivity contribution in [3.05, 3.63) is 22.6 Å². The minimum atomic E-state index is 0.106. The van der Waals surface area contributed by atoms with Gasteiger partial charge in [0.2, 0.25) is 5.78 Å². The van der Waals surface area contributed by atoms with Gasteiger partial charge in [0, 0.05) is 5.92 Å². The maximum absolute atomic E-state index is 12.3. The number of furan rings is 1. The van der Waals surface area contributed by atoms with Gasteiger partial charge in [0.25, 0.3) is 0 Å². The molecule has 0 saturated heterocycles. The third-order valence-corrected chi connectivity index (χ3v) is 4.07. The average molecular weight is 285 g/mol. The van der Waals surface area contributed by atoms with Crippen LogP contribution in [-0.2, 0) is 0 Å². The van der Waals surface area contributed by atoms with E-state index in [1.165, 1.54) is 6.42 Å². The minimum Gasteiger partial charge on any atom is -0.446 e. The van der Waals surface area contributed by atoms with Gasteiger partial charge in [-0.2, -0.15) is 0 Å². The van der Waals surface area contributed by atoms with Crippen molar-refractivity contribution in [2.24, 2.45) is 11.3 Å². The molecule has 1 saturated carbocycles. The second-order valence-corrected chi connectivity index (χ2v) is 6.04. The van der Waals surface area contributed by atoms with E-state index in [0.29, 0.717) is 10.4 Å². The minimum absolute atomic E-state index is 0.106. The number of rotatable bonds is 2. The molecular formula is C13H17BrO2. The first kappa shape index (κ1) is 11.9. The largest absolute Gasteiger partial charge is 0.446 e. The lowest BCUT2D eigenvalue weighted by atomic mass is 9.67. The molecule has 1 fully saturated rings. The summed E-state index contributed by atoms with van der Waals surface area (Å²) in [6, 6.07) is 3.54. The topological polar surface area (TPSA) is 30.2 Å². The first-order chi connectivity index (χ1) is 7.50. The van der Waals surface area contributed by atoms with Crippen molar-refractivity contribution in [1.82, 2.24) is 0 Å². The number of hydrogen-bond acceptors (Lipinski definition) is 2. The summed E-state index contributed by atoms with van der Waals surface area (Å²) >= 11 is 3.23. The fourth-order valence-corrected chi connectivity index (χ4v) is 2.91. The number of carbonyl (C=O) groups excluding carboxylic acids is 1. The third kappa shape index (κ3) is 2.24. The second kappa shape index (κ2) is 4.36. The molecule has 2 rings (SSSR count). The molecule has 1 atom stereocenters. The number of ketones is 1. The van der Waals surface area contributed by atoms with Gasteiger partial charge < -0.3 is 4.42 Å². The van der Waals surface area contributed by atoms with Crippen molar-refractivity contribution in [1.29, 1.82) is 0 Å². The van der Waals surface area contributed by atoms with E-state index in [1.54, 1.807) is 12.1 Å². The molecule has 2 nitrogen and oxygen atoms in total. The number of hydrogen-bond donors (Lipinski definition) is 0. The smallest absolute Gasteiger partial charge is 0.201 e. The molecule has 1 unspecified atom stereocenters. The molecule has 1 aliphatic carbocycles. The van der Waals surface area contributed by atoms with Gasteiger partial charge in [0.15, 0.2) is 10.4 Å². The fraction of sp³-hybridized carbons (Fsp3) is 0.615. The monoisotopic (exact) mass is 284 g/mol. The van der Waals surface area contributed by atoms with Gasteiger partial charge in [-0.3, -0.25) is 4.79 Å². The van der Waals surface area contributed by atoms with Gasteiger partial charge in [-0.25, -0.2) is 0 Å². The standard InChI is InChI=1S/C13H17BrO2/c1-13(2)8-4-3-5-9(13)12(15)10-6-7-11(14)16-10/h6-7,9H,3-5,8H2,1-2H3. The van der Waals surface area contributed by atoms with E-state index < -0.39 is 0 Å². The summed E-state index contributed by atoms with van der Waals surface area (Å²) in [5.41, 5.74) is 0.106. The Hall–Kier alpha value is -0.570. The molecule has 3 heteroatoms. The predicted molar refractivity (Wildman–Crippen MR) is 66.5 cm³/mol. The number of carbonyl (C=O) groups is 1. The SMILES string of the molecule is CC1(C)CCCCC1C(=O)c1ccc(Br)o1. The van der Waals surface area contributed by atoms with Crippen LogP contribution in [0.3, 0.4) is 0 Å². The van der Waals surface area contributed by atoms with Crippen molar-refractivity contribution < 1.29 is 9.21 Å². The summed E-state index contributed by atoms with van der Waals surface area (Å²) in [7, 11) is 0. The van der Waals surface area contributed by atoms with Crippen LogP contribution >= 0.6 is 15.9 Å². The quantitative estimate of drug-likeness (QED) is 0.752. The highest BCUT2D eigenvalue weighted by Gasteiger charge is 2.38. The lowest BCUT2D eigenvalue weighted by molar-refractivity contribution is 0.0667. The van der Waals surface area contributed by atoms with Crippen LogP contribution in [0.5, 0.6) is 0 Å². The first-order valence-electron chi connectivity index (χ1n) is 5.80. The van der Waals surface area contributed by atoms with Crippen LogP contribution < -0.4 is 0 Å². The predicted octanol–water partition coefficient (Wildman–Crippen LogP) is 4.44. The van der Waals surface area contributed by atoms with E-state index in [1.807, 2.05) is 0 Å². The third-order valence-electron chi connectivity index (χ3n) is 3.64. The molecule has 88 valence electrons. The van der Waals surface area contributed by atoms with Crippen molar-refractivity contribution >= 4 is 21.7 Å². The van der Waals surface area contributed by atoms with Gasteiger partial charge in [-0.05, 0) is 46.3 Å². The van der Waals surface area contributed by atoms with Crippen LogP contribution in [0.4, 0.5) is 0 Å². The molecule has 0 spiro atoms. The Balaban J connectivity index is 2.20. The average Bonchev–Trinajstić information content (AvgIpc) is 2.63. The second-order valence-electron chi connectivity index (χ2n) is 5.25. The Morgan fingerprint density at radius 3 is 2.75 bits per heavy atom. The summed E-state index contributed by atoms with van der Waals surface area (Å²) in [6.45, 7) is 4.37. The molecule has 0 aliphatic heterocycles. The van der Waals surface area contributed by atoms with Gasteiger partial charge in [0.05, 0.1) is 0 Å². The molecular weight excluding hydrogens is 268 g/mol. The van der Waals surface area contributed by atoms with Crippen LogP contribution in [0.1, 0.15) is 50.1 Å². The van der Waals surface area contributed by atoms with E-state index in [2.05, 4.69) is 29.8 Å². The molecule has 1 aromatic rings. The van der Waals surface area contributed by atoms with E-state index >= 15 is 0 Å². The lowest BCUT2D eigenvalue weighted by Gasteiger charge is -2.37. The molecule has 16 heavy (non-hydrogen) atoms. The van der Waals surface area contributed by atoms with E-state index in [-0.39, 0.29) is 17.1 Å². The van der Waals surface area contributed by atoms with Gasteiger partial charge in [-0.1, -0.05) is 26.7 Å². The number of Topliss-reactive ketones (excluding diaryl/α,β-unsaturated/α-hetero) is 1. The Morgan fingerprint density at radius 1 is 1.44 bits per heavy atom. The van der Waals surface area contributed by atoms with Crippen LogP contribution in [0.15, 0.2) is 21.2 Å². The van der Waals surface area contributed by atoms with Gasteiger partial charge in [0.1, 0.15) is 0 Å². The molecule has 0 radical (unpaired) electrons. The normalized spacial score (nSPS) is 24.3. The van der Waals surface area contributed by atoms with Crippen LogP contribution in [-0.4, -0.2) is 5.78 Å². The van der Waals surface area contributed by atoms with E-state index in [4.69, 9.17) is 4.42 Å². The molecule has 0 N–H and O–H groups in total. The fourth-order valence-electron chi connectivity index (χ4n) is 2.60. The summed E-state index contributed by atoms with van der Waals surface area (Å²) < 4.78 is 5.99. The van der Waals surface area contributed by atoms with Crippen LogP contribution in [0.25, 0.3) is 0 Å². The summed E-state index contributed by atoms with van der Waals surface area (Å²) in [4.78, 5) is 12.3. The highest BCUT2D eigenvalue weighted by molar-refractivity contribution is 9.10. The molecule has 0 bridgehead atoms. The highest BCUT2D eigenvalue weighted by Crippen LogP contribution is 2.42. The summed E-state index contributed by atoms with van der Waals surface area (Å²) in [5.74, 6) is 0.765. The van der Waals surface area contributed by atoms with Crippen molar-refractivity contribution in [3.8, 4) is 0 Å². The van der Waals surface area contributed by atoms with Crippen molar-refractivity contribution in [2.75, 3.05) is 0 Å². The summed E-state index contributed by atoms with van der Waals surface area (Å²) in [5, 5.41) is 0. The zero-order valence-electron chi connectivity index (χ0n) is 9.75. The maximum Gasteiger partial charge on any atom is 0.201 e. The molecule has 1 heterocycles. The van der Waals surface area contributed by atoms with Crippen LogP contribution in [0, 0.1) is 11.3 Å². The Kier molecular flexibility index (Phi) is 3.24. The molecule has 1 aliphatic rings. The van der Waals surface area contributed by atoms with E-state index in [0.717, 1.165) is 19.3 Å². The zero-order chi connectivity index (χ0) is 11.8. The van der Waals surface area contributed by atoms with Crippen molar-refractivity contribution in [3.63, 3.8) is 0 Å². The van der Waals surface area contributed by atoms with Gasteiger partial charge in [-0.15, -0.1) is 0 Å². The molecule has 0 aromatic carbocycles. The molecule has 0 amide bonds. The molecule has 1 aromatic heterocycles. The van der Waals surface area contributed by atoms with Crippen molar-refractivity contribution in [2.45, 2.75) is 39.5 Å². The zero-order valence-corrected chi connectivity index (χ0v) is 11.3. The Labute approximate surface area is 105 Å². The van der Waals surface area contributed by atoms with E-state index in [9.17, 15) is 4.79 Å². The maximum atomic E-state index is 12.3.